The number of amides is 1. The summed E-state index contributed by atoms with van der Waals surface area (Å²) in [6.07, 6.45) is 5.74. The fraction of sp³-hybridized carbons (Fsp3) is 0.600. The Balaban J connectivity index is 2.01. The highest BCUT2D eigenvalue weighted by Crippen LogP contribution is 2.31. The molecule has 0 saturated carbocycles. The first-order chi connectivity index (χ1) is 8.97. The zero-order valence-electron chi connectivity index (χ0n) is 12.0. The fourth-order valence-corrected chi connectivity index (χ4v) is 2.43. The third kappa shape index (κ3) is 3.77. The van der Waals surface area contributed by atoms with Gasteiger partial charge in [0.05, 0.1) is 12.6 Å². The summed E-state index contributed by atoms with van der Waals surface area (Å²) in [5.74, 6) is 0.182. The summed E-state index contributed by atoms with van der Waals surface area (Å²) in [6.45, 7) is 7.47. The van der Waals surface area contributed by atoms with E-state index in [-0.39, 0.29) is 17.5 Å². The summed E-state index contributed by atoms with van der Waals surface area (Å²) < 4.78 is 0. The van der Waals surface area contributed by atoms with Crippen LogP contribution in [0.4, 0.5) is 0 Å². The van der Waals surface area contributed by atoms with E-state index in [0.29, 0.717) is 6.54 Å². The molecule has 4 heteroatoms. The predicted molar refractivity (Wildman–Crippen MR) is 75.7 cm³/mol. The molecular weight excluding hydrogens is 238 g/mol. The number of likely N-dealkylation sites (tertiary alicyclic amines) is 1. The molecule has 0 bridgehead atoms. The van der Waals surface area contributed by atoms with E-state index in [9.17, 15) is 4.79 Å². The zero-order valence-corrected chi connectivity index (χ0v) is 12.0. The van der Waals surface area contributed by atoms with Crippen LogP contribution in [0.25, 0.3) is 0 Å². The Morgan fingerprint density at radius 2 is 2.32 bits per heavy atom. The van der Waals surface area contributed by atoms with Gasteiger partial charge in [-0.1, -0.05) is 6.07 Å². The summed E-state index contributed by atoms with van der Waals surface area (Å²) in [6, 6.07) is 4.19. The summed E-state index contributed by atoms with van der Waals surface area (Å²) in [7, 11) is 0. The highest BCUT2D eigenvalue weighted by atomic mass is 16.2. The second-order valence-electron chi connectivity index (χ2n) is 6.14. The number of hydrogen-bond donors (Lipinski definition) is 1. The lowest BCUT2D eigenvalue weighted by molar-refractivity contribution is -0.131. The van der Waals surface area contributed by atoms with Crippen LogP contribution >= 0.6 is 0 Å². The number of nitrogens with one attached hydrogen (secondary N) is 1. The van der Waals surface area contributed by atoms with Gasteiger partial charge in [0.1, 0.15) is 0 Å². The Morgan fingerprint density at radius 3 is 2.95 bits per heavy atom. The van der Waals surface area contributed by atoms with Gasteiger partial charge in [0, 0.05) is 24.5 Å². The molecule has 19 heavy (non-hydrogen) atoms. The summed E-state index contributed by atoms with van der Waals surface area (Å²) in [5, 5.41) is 3.26. The molecular formula is C15H23N3O. The molecule has 1 aliphatic rings. The molecule has 0 spiro atoms. The van der Waals surface area contributed by atoms with E-state index in [4.69, 9.17) is 0 Å². The van der Waals surface area contributed by atoms with E-state index in [1.807, 2.05) is 17.2 Å². The van der Waals surface area contributed by atoms with Crippen molar-refractivity contribution >= 4 is 5.91 Å². The van der Waals surface area contributed by atoms with Crippen molar-refractivity contribution in [2.45, 2.75) is 45.2 Å². The summed E-state index contributed by atoms with van der Waals surface area (Å²) in [5.41, 5.74) is 1.11. The predicted octanol–water partition coefficient (Wildman–Crippen LogP) is 2.13. The van der Waals surface area contributed by atoms with Gasteiger partial charge in [-0.25, -0.2) is 0 Å². The molecule has 104 valence electrons. The summed E-state index contributed by atoms with van der Waals surface area (Å²) in [4.78, 5) is 18.5. The zero-order chi connectivity index (χ0) is 13.9. The van der Waals surface area contributed by atoms with Gasteiger partial charge in [-0.3, -0.25) is 9.78 Å². The average molecular weight is 261 g/mol. The first-order valence-corrected chi connectivity index (χ1v) is 6.92. The van der Waals surface area contributed by atoms with E-state index < -0.39 is 0 Å². The lowest BCUT2D eigenvalue weighted by Gasteiger charge is -2.27. The lowest BCUT2D eigenvalue weighted by Crippen LogP contribution is -2.44. The number of rotatable bonds is 3. The van der Waals surface area contributed by atoms with Crippen LogP contribution in [0.2, 0.25) is 0 Å². The van der Waals surface area contributed by atoms with Gasteiger partial charge >= 0.3 is 0 Å². The van der Waals surface area contributed by atoms with Crippen molar-refractivity contribution in [3.8, 4) is 0 Å². The van der Waals surface area contributed by atoms with Crippen molar-refractivity contribution in [1.29, 1.82) is 0 Å². The van der Waals surface area contributed by atoms with Gasteiger partial charge in [-0.2, -0.15) is 0 Å². The van der Waals surface area contributed by atoms with Crippen LogP contribution in [0.15, 0.2) is 24.5 Å². The van der Waals surface area contributed by atoms with Crippen molar-refractivity contribution in [2.24, 2.45) is 0 Å². The SMILES string of the molecule is CC(C)(C)NCC(=O)N1CCCC1c1cccnc1. The molecule has 2 rings (SSSR count). The molecule has 1 atom stereocenters. The topological polar surface area (TPSA) is 45.2 Å². The normalized spacial score (nSPS) is 19.7. The van der Waals surface area contributed by atoms with Gasteiger partial charge in [0.15, 0.2) is 0 Å². The van der Waals surface area contributed by atoms with Crippen molar-refractivity contribution in [3.05, 3.63) is 30.1 Å². The van der Waals surface area contributed by atoms with E-state index >= 15 is 0 Å². The molecule has 2 heterocycles. The van der Waals surface area contributed by atoms with Crippen molar-refractivity contribution in [3.63, 3.8) is 0 Å². The molecule has 1 aromatic rings. The third-order valence-corrected chi connectivity index (χ3v) is 3.41. The van der Waals surface area contributed by atoms with Gasteiger partial charge in [0.2, 0.25) is 5.91 Å². The largest absolute Gasteiger partial charge is 0.334 e. The molecule has 1 saturated heterocycles. The maximum absolute atomic E-state index is 12.3. The highest BCUT2D eigenvalue weighted by Gasteiger charge is 2.30. The smallest absolute Gasteiger partial charge is 0.237 e. The number of carbonyl (C=O) groups is 1. The second kappa shape index (κ2) is 5.70. The van der Waals surface area contributed by atoms with E-state index in [1.165, 1.54) is 0 Å². The molecule has 1 aromatic heterocycles. The molecule has 1 aliphatic heterocycles. The van der Waals surface area contributed by atoms with Crippen LogP contribution in [0.5, 0.6) is 0 Å². The van der Waals surface area contributed by atoms with Crippen LogP contribution in [-0.4, -0.2) is 34.4 Å². The molecule has 0 aliphatic carbocycles. The standard InChI is InChI=1S/C15H23N3O/c1-15(2,3)17-11-14(19)18-9-5-7-13(18)12-6-4-8-16-10-12/h4,6,8,10,13,17H,5,7,9,11H2,1-3H3. The van der Waals surface area contributed by atoms with Gasteiger partial charge < -0.3 is 10.2 Å². The average Bonchev–Trinajstić information content (AvgIpc) is 2.85. The number of hydrogen-bond acceptors (Lipinski definition) is 3. The summed E-state index contributed by atoms with van der Waals surface area (Å²) >= 11 is 0. The van der Waals surface area contributed by atoms with E-state index in [2.05, 4.69) is 37.1 Å². The maximum atomic E-state index is 12.3. The van der Waals surface area contributed by atoms with E-state index in [0.717, 1.165) is 24.9 Å². The molecule has 1 N–H and O–H groups in total. The maximum Gasteiger partial charge on any atom is 0.237 e. The van der Waals surface area contributed by atoms with Crippen molar-refractivity contribution in [1.82, 2.24) is 15.2 Å². The lowest BCUT2D eigenvalue weighted by atomic mass is 10.1. The van der Waals surface area contributed by atoms with E-state index in [1.54, 1.807) is 6.20 Å². The number of pyridine rings is 1. The van der Waals surface area contributed by atoms with Crippen LogP contribution in [0.3, 0.4) is 0 Å². The minimum atomic E-state index is -0.0286. The van der Waals surface area contributed by atoms with Gasteiger partial charge in [0.25, 0.3) is 0 Å². The van der Waals surface area contributed by atoms with Gasteiger partial charge in [-0.15, -0.1) is 0 Å². The molecule has 4 nitrogen and oxygen atoms in total. The Hall–Kier alpha value is -1.42. The Morgan fingerprint density at radius 1 is 1.53 bits per heavy atom. The molecule has 0 radical (unpaired) electrons. The Labute approximate surface area is 115 Å². The quantitative estimate of drug-likeness (QED) is 0.906. The number of carbonyl (C=O) groups excluding carboxylic acids is 1. The highest BCUT2D eigenvalue weighted by molar-refractivity contribution is 5.79. The molecule has 1 fully saturated rings. The van der Waals surface area contributed by atoms with Crippen LogP contribution in [-0.2, 0) is 4.79 Å². The van der Waals surface area contributed by atoms with Crippen molar-refractivity contribution in [2.75, 3.05) is 13.1 Å². The number of nitrogens with zero attached hydrogens (tertiary/aromatic N) is 2. The third-order valence-electron chi connectivity index (χ3n) is 3.41. The second-order valence-corrected chi connectivity index (χ2v) is 6.14. The van der Waals surface area contributed by atoms with Crippen LogP contribution in [0, 0.1) is 0 Å². The first-order valence-electron chi connectivity index (χ1n) is 6.92. The first kappa shape index (κ1) is 14.0. The monoisotopic (exact) mass is 261 g/mol. The minimum absolute atomic E-state index is 0.0286. The Kier molecular flexibility index (Phi) is 4.20. The molecule has 0 aromatic carbocycles. The Bertz CT molecular complexity index is 425. The van der Waals surface area contributed by atoms with Crippen molar-refractivity contribution < 1.29 is 4.79 Å². The molecule has 1 amide bonds. The van der Waals surface area contributed by atoms with Crippen LogP contribution in [0.1, 0.15) is 45.2 Å². The van der Waals surface area contributed by atoms with Gasteiger partial charge in [-0.05, 0) is 45.2 Å². The minimum Gasteiger partial charge on any atom is -0.334 e. The molecule has 1 unspecified atom stereocenters. The van der Waals surface area contributed by atoms with Crippen LogP contribution < -0.4 is 5.32 Å². The number of aromatic nitrogens is 1. The fourth-order valence-electron chi connectivity index (χ4n) is 2.43.